The van der Waals surface area contributed by atoms with E-state index in [0.29, 0.717) is 15.9 Å². The number of amidine groups is 1. The lowest BCUT2D eigenvalue weighted by molar-refractivity contribution is -0.122. The largest absolute Gasteiger partial charge is 0.326 e. The van der Waals surface area contributed by atoms with Crippen LogP contribution in [0.5, 0.6) is 0 Å². The normalized spacial score (nSPS) is 17.8. The summed E-state index contributed by atoms with van der Waals surface area (Å²) in [5.74, 6) is -0.484. The summed E-state index contributed by atoms with van der Waals surface area (Å²) in [6.07, 6.45) is 0.0484. The van der Waals surface area contributed by atoms with Gasteiger partial charge in [0.05, 0.1) is 5.69 Å². The molecule has 2 amide bonds. The van der Waals surface area contributed by atoms with E-state index >= 15 is 0 Å². The van der Waals surface area contributed by atoms with E-state index in [1.165, 1.54) is 11.8 Å². The van der Waals surface area contributed by atoms with Crippen molar-refractivity contribution in [2.75, 3.05) is 10.7 Å². The van der Waals surface area contributed by atoms with Crippen LogP contribution in [-0.2, 0) is 9.59 Å². The van der Waals surface area contributed by atoms with Crippen molar-refractivity contribution in [1.82, 2.24) is 5.32 Å². The Labute approximate surface area is 160 Å². The monoisotopic (exact) mass is 388 g/mol. The van der Waals surface area contributed by atoms with Gasteiger partial charge in [0.25, 0.3) is 0 Å². The highest BCUT2D eigenvalue weighted by molar-refractivity contribution is 8.15. The second-order valence-electron chi connectivity index (χ2n) is 5.66. The Balaban J connectivity index is 1.57. The average Bonchev–Trinajstić information content (AvgIpc) is 2.97. The van der Waals surface area contributed by atoms with E-state index in [4.69, 9.17) is 11.6 Å². The average molecular weight is 389 g/mol. The topological polar surface area (TPSA) is 82.6 Å². The van der Waals surface area contributed by atoms with Crippen LogP contribution in [0.2, 0.25) is 5.02 Å². The zero-order chi connectivity index (χ0) is 18.5. The van der Waals surface area contributed by atoms with Gasteiger partial charge < -0.3 is 10.6 Å². The van der Waals surface area contributed by atoms with Gasteiger partial charge in [0.1, 0.15) is 5.25 Å². The molecule has 134 valence electrons. The van der Waals surface area contributed by atoms with Crippen molar-refractivity contribution >= 4 is 51.7 Å². The van der Waals surface area contributed by atoms with Gasteiger partial charge in [-0.25, -0.2) is 0 Å². The van der Waals surface area contributed by atoms with Crippen molar-refractivity contribution < 1.29 is 9.59 Å². The molecule has 1 aliphatic heterocycles. The third-order valence-electron chi connectivity index (χ3n) is 3.75. The maximum absolute atomic E-state index is 12.3. The molecule has 0 bridgehead atoms. The van der Waals surface area contributed by atoms with E-state index in [1.54, 1.807) is 18.2 Å². The highest BCUT2D eigenvalue weighted by atomic mass is 35.5. The van der Waals surface area contributed by atoms with E-state index in [-0.39, 0.29) is 18.2 Å². The van der Waals surface area contributed by atoms with Crippen LogP contribution >= 0.6 is 23.4 Å². The standard InChI is InChI=1S/C18H17ClN4O2S/c1-11-13(19)8-5-9-14(11)20-16(24)10-15-17(25)21-18(26-15)23-22-12-6-3-2-4-7-12/h2-9,15,22H,10H2,1H3,(H,20,24)(H,21,23,25)/t15-/m0/s1. The number of hydrogen-bond acceptors (Lipinski definition) is 5. The van der Waals surface area contributed by atoms with E-state index in [9.17, 15) is 9.59 Å². The van der Waals surface area contributed by atoms with Crippen LogP contribution in [0.15, 0.2) is 53.6 Å². The zero-order valence-electron chi connectivity index (χ0n) is 14.0. The molecule has 2 aromatic carbocycles. The van der Waals surface area contributed by atoms with Gasteiger partial charge >= 0.3 is 0 Å². The summed E-state index contributed by atoms with van der Waals surface area (Å²) in [7, 11) is 0. The van der Waals surface area contributed by atoms with Gasteiger partial charge in [0.15, 0.2) is 5.17 Å². The minimum atomic E-state index is -0.522. The predicted molar refractivity (Wildman–Crippen MR) is 106 cm³/mol. The van der Waals surface area contributed by atoms with Gasteiger partial charge in [-0.15, -0.1) is 5.10 Å². The molecule has 3 N–H and O–H groups in total. The van der Waals surface area contributed by atoms with Crippen LogP contribution in [0.3, 0.4) is 0 Å². The molecule has 0 aliphatic carbocycles. The minimum Gasteiger partial charge on any atom is -0.326 e. The molecule has 1 atom stereocenters. The van der Waals surface area contributed by atoms with Crippen molar-refractivity contribution in [1.29, 1.82) is 0 Å². The quantitative estimate of drug-likeness (QED) is 0.683. The lowest BCUT2D eigenvalue weighted by Crippen LogP contribution is -2.28. The lowest BCUT2D eigenvalue weighted by Gasteiger charge is -2.10. The molecule has 1 heterocycles. The van der Waals surface area contributed by atoms with Gasteiger partial charge in [0, 0.05) is 17.1 Å². The number of hydrazone groups is 1. The van der Waals surface area contributed by atoms with Crippen molar-refractivity contribution in [2.45, 2.75) is 18.6 Å². The fraction of sp³-hybridized carbons (Fsp3) is 0.167. The number of carbonyl (C=O) groups is 2. The number of nitrogens with one attached hydrogen (secondary N) is 3. The van der Waals surface area contributed by atoms with Gasteiger partial charge in [-0.2, -0.15) is 0 Å². The molecule has 3 rings (SSSR count). The number of nitrogens with zero attached hydrogens (tertiary/aromatic N) is 1. The van der Waals surface area contributed by atoms with Gasteiger partial charge in [0.2, 0.25) is 11.8 Å². The summed E-state index contributed by atoms with van der Waals surface area (Å²) in [5, 5.41) is 10.1. The molecule has 0 radical (unpaired) electrons. The minimum absolute atomic E-state index is 0.0484. The summed E-state index contributed by atoms with van der Waals surface area (Å²) in [6.45, 7) is 1.83. The van der Waals surface area contributed by atoms with Gasteiger partial charge in [-0.05, 0) is 36.8 Å². The molecule has 6 nitrogen and oxygen atoms in total. The summed E-state index contributed by atoms with van der Waals surface area (Å²) in [6, 6.07) is 14.7. The number of amides is 2. The molecule has 8 heteroatoms. The number of anilines is 2. The van der Waals surface area contributed by atoms with Crippen molar-refractivity contribution in [3.63, 3.8) is 0 Å². The summed E-state index contributed by atoms with van der Waals surface area (Å²) in [5.41, 5.74) is 5.12. The summed E-state index contributed by atoms with van der Waals surface area (Å²) in [4.78, 5) is 24.3. The molecule has 0 unspecified atom stereocenters. The number of hydrogen-bond donors (Lipinski definition) is 3. The van der Waals surface area contributed by atoms with Gasteiger partial charge in [-0.3, -0.25) is 15.0 Å². The first-order chi connectivity index (χ1) is 12.5. The number of rotatable bonds is 5. The number of thioether (sulfide) groups is 1. The molecule has 2 aromatic rings. The molecule has 0 saturated carbocycles. The van der Waals surface area contributed by atoms with Crippen molar-refractivity contribution in [2.24, 2.45) is 5.10 Å². The van der Waals surface area contributed by atoms with Crippen molar-refractivity contribution in [3.8, 4) is 0 Å². The van der Waals surface area contributed by atoms with Crippen LogP contribution in [0.1, 0.15) is 12.0 Å². The second-order valence-corrected chi connectivity index (χ2v) is 7.25. The van der Waals surface area contributed by atoms with E-state index in [0.717, 1.165) is 11.3 Å². The SMILES string of the molecule is Cc1c(Cl)cccc1NC(=O)C[C@@H]1S/C(=N/Nc2ccccc2)NC1=O. The molecule has 0 spiro atoms. The van der Waals surface area contributed by atoms with Crippen LogP contribution in [0.25, 0.3) is 0 Å². The summed E-state index contributed by atoms with van der Waals surface area (Å²) < 4.78 is 0. The Hall–Kier alpha value is -2.51. The van der Waals surface area contributed by atoms with E-state index in [2.05, 4.69) is 21.2 Å². The van der Waals surface area contributed by atoms with Crippen LogP contribution in [0.4, 0.5) is 11.4 Å². The molecule has 1 fully saturated rings. The Morgan fingerprint density at radius 1 is 1.23 bits per heavy atom. The first kappa shape index (κ1) is 18.3. The molecular weight excluding hydrogens is 372 g/mol. The van der Waals surface area contributed by atoms with Crippen LogP contribution < -0.4 is 16.1 Å². The third-order valence-corrected chi connectivity index (χ3v) is 5.24. The third kappa shape index (κ3) is 4.56. The predicted octanol–water partition coefficient (Wildman–Crippen LogP) is 3.59. The van der Waals surface area contributed by atoms with Gasteiger partial charge in [-0.1, -0.05) is 47.6 Å². The summed E-state index contributed by atoms with van der Waals surface area (Å²) >= 11 is 7.28. The molecule has 26 heavy (non-hydrogen) atoms. The molecule has 1 saturated heterocycles. The van der Waals surface area contributed by atoms with E-state index in [1.807, 2.05) is 37.3 Å². The highest BCUT2D eigenvalue weighted by Crippen LogP contribution is 2.25. The maximum Gasteiger partial charge on any atom is 0.240 e. The first-order valence-corrected chi connectivity index (χ1v) is 9.20. The number of halogens is 1. The first-order valence-electron chi connectivity index (χ1n) is 7.94. The number of carbonyl (C=O) groups excluding carboxylic acids is 2. The number of para-hydroxylation sites is 1. The highest BCUT2D eigenvalue weighted by Gasteiger charge is 2.32. The van der Waals surface area contributed by atoms with Crippen LogP contribution in [-0.4, -0.2) is 22.2 Å². The Morgan fingerprint density at radius 3 is 2.77 bits per heavy atom. The number of benzene rings is 2. The second kappa shape index (κ2) is 8.25. The fourth-order valence-electron chi connectivity index (χ4n) is 2.33. The molecule has 1 aliphatic rings. The maximum atomic E-state index is 12.3. The Morgan fingerprint density at radius 2 is 2.00 bits per heavy atom. The Kier molecular flexibility index (Phi) is 5.80. The molecule has 0 aromatic heterocycles. The smallest absolute Gasteiger partial charge is 0.240 e. The zero-order valence-corrected chi connectivity index (χ0v) is 15.5. The fourth-order valence-corrected chi connectivity index (χ4v) is 3.44. The van der Waals surface area contributed by atoms with Crippen LogP contribution in [0, 0.1) is 6.92 Å². The van der Waals surface area contributed by atoms with Crippen molar-refractivity contribution in [3.05, 3.63) is 59.1 Å². The lowest BCUT2D eigenvalue weighted by atomic mass is 10.2. The van der Waals surface area contributed by atoms with E-state index < -0.39 is 5.25 Å². The Bertz CT molecular complexity index is 858. The molecular formula is C18H17ClN4O2S.